The van der Waals surface area contributed by atoms with E-state index in [0.717, 1.165) is 56.2 Å². The quantitative estimate of drug-likeness (QED) is 0.111. The van der Waals surface area contributed by atoms with Crippen molar-refractivity contribution in [3.63, 3.8) is 0 Å². The number of nitrogens with two attached hydrogens (primary N) is 1. The maximum atomic E-state index is 14.8. The summed E-state index contributed by atoms with van der Waals surface area (Å²) >= 11 is 6.03. The van der Waals surface area contributed by atoms with E-state index in [4.69, 9.17) is 36.3 Å². The van der Waals surface area contributed by atoms with Crippen molar-refractivity contribution in [2.75, 3.05) is 11.1 Å². The maximum Gasteiger partial charge on any atom is 0.410 e. The third kappa shape index (κ3) is 13.3. The predicted octanol–water partition coefficient (Wildman–Crippen LogP) is 10.0. The van der Waals surface area contributed by atoms with E-state index in [1.54, 1.807) is 6.92 Å². The molecule has 2 amide bonds. The maximum absolute atomic E-state index is 14.8. The molecule has 2 aliphatic carbocycles. The summed E-state index contributed by atoms with van der Waals surface area (Å²) in [5.74, 6) is -0.0537. The highest BCUT2D eigenvalue weighted by Gasteiger charge is 2.47. The van der Waals surface area contributed by atoms with Crippen LogP contribution in [0.5, 0.6) is 11.8 Å². The SMILES string of the molecule is Cc1c(Cl)ncnc1OC1CC2CC[C@@H](C1)N2C(=O)OC(C)(C)C.Cc1c(Nc2ccc(S(=O)(=O)C3CC3)cc2F)ncnc1OC1CC2CC[C@@H](C1)N2C(=O)OC(C)(C)C.Nc1ccc(S(=O)(=O)C2CC2)cc1F. The lowest BCUT2D eigenvalue weighted by Gasteiger charge is -2.39. The molecule has 10 rings (SSSR count). The number of amides is 2. The molecule has 2 saturated carbocycles. The number of nitrogens with zero attached hydrogens (tertiary/aromatic N) is 6. The summed E-state index contributed by atoms with van der Waals surface area (Å²) in [6.07, 6.45) is 11.5. The van der Waals surface area contributed by atoms with Gasteiger partial charge in [0, 0.05) is 55.4 Å². The van der Waals surface area contributed by atoms with E-state index >= 15 is 0 Å². The van der Waals surface area contributed by atoms with Gasteiger partial charge in [-0.05, 0) is 143 Å². The summed E-state index contributed by atoms with van der Waals surface area (Å²) in [6.45, 7) is 14.9. The first-order valence-electron chi connectivity index (χ1n) is 25.4. The minimum atomic E-state index is -3.48. The molecule has 6 atom stereocenters. The first-order chi connectivity index (χ1) is 35.2. The molecule has 2 aromatic heterocycles. The van der Waals surface area contributed by atoms with Crippen LogP contribution in [0.4, 0.5) is 35.6 Å². The zero-order valence-electron chi connectivity index (χ0n) is 43.5. The number of ether oxygens (including phenoxy) is 4. The fourth-order valence-electron chi connectivity index (χ4n) is 9.93. The number of aromatic nitrogens is 4. The molecule has 4 aromatic rings. The van der Waals surface area contributed by atoms with Gasteiger partial charge >= 0.3 is 12.2 Å². The van der Waals surface area contributed by atoms with E-state index < -0.39 is 47.8 Å². The molecule has 6 aliphatic rings. The van der Waals surface area contributed by atoms with Gasteiger partial charge in [0.05, 0.1) is 37.2 Å². The van der Waals surface area contributed by atoms with Crippen molar-refractivity contribution in [1.29, 1.82) is 0 Å². The summed E-state index contributed by atoms with van der Waals surface area (Å²) in [4.78, 5) is 45.6. The largest absolute Gasteiger partial charge is 0.474 e. The van der Waals surface area contributed by atoms with E-state index in [9.17, 15) is 35.2 Å². The highest BCUT2D eigenvalue weighted by Crippen LogP contribution is 2.41. The fourth-order valence-corrected chi connectivity index (χ4v) is 13.4. The fraction of sp³-hybridized carbons (Fsp3) is 0.577. The van der Waals surface area contributed by atoms with Crippen molar-refractivity contribution >= 4 is 60.7 Å². The Balaban J connectivity index is 0.000000167. The summed E-state index contributed by atoms with van der Waals surface area (Å²) in [5.41, 5.74) is 5.68. The molecular formula is C52H67ClF2N8O10S2. The molecule has 4 aliphatic heterocycles. The molecular weight excluding hydrogens is 1030 g/mol. The Hall–Kier alpha value is -5.61. The second-order valence-electron chi connectivity index (χ2n) is 22.2. The molecule has 6 fully saturated rings. The Morgan fingerprint density at radius 1 is 0.627 bits per heavy atom. The molecule has 75 heavy (non-hydrogen) atoms. The van der Waals surface area contributed by atoms with Crippen LogP contribution in [0, 0.1) is 25.5 Å². The average Bonchev–Trinajstić information content (AvgIpc) is 4.26. The van der Waals surface area contributed by atoms with Crippen molar-refractivity contribution in [2.24, 2.45) is 0 Å². The first-order valence-corrected chi connectivity index (χ1v) is 28.9. The predicted molar refractivity (Wildman–Crippen MR) is 277 cm³/mol. The van der Waals surface area contributed by atoms with Gasteiger partial charge in [-0.1, -0.05) is 11.6 Å². The van der Waals surface area contributed by atoms with Gasteiger partial charge in [0.15, 0.2) is 19.7 Å². The number of piperidine rings is 2. The Morgan fingerprint density at radius 3 is 1.45 bits per heavy atom. The minimum absolute atomic E-state index is 0.00571. The second-order valence-corrected chi connectivity index (χ2v) is 27.0. The van der Waals surface area contributed by atoms with E-state index in [1.807, 2.05) is 58.3 Å². The summed E-state index contributed by atoms with van der Waals surface area (Å²) in [7, 11) is -6.78. The van der Waals surface area contributed by atoms with Gasteiger partial charge in [-0.3, -0.25) is 0 Å². The van der Waals surface area contributed by atoms with Crippen LogP contribution in [0.1, 0.15) is 130 Å². The number of carbonyl (C=O) groups excluding carboxylic acids is 2. The smallest absolute Gasteiger partial charge is 0.410 e. The van der Waals surface area contributed by atoms with Crippen LogP contribution in [0.2, 0.25) is 5.15 Å². The molecule has 6 heterocycles. The molecule has 408 valence electrons. The lowest BCUT2D eigenvalue weighted by Crippen LogP contribution is -2.50. The molecule has 18 nitrogen and oxygen atoms in total. The molecule has 23 heteroatoms. The van der Waals surface area contributed by atoms with Gasteiger partial charge in [0.1, 0.15) is 58.7 Å². The Morgan fingerprint density at radius 2 is 1.04 bits per heavy atom. The number of sulfone groups is 2. The topological polar surface area (TPSA) is 235 Å². The van der Waals surface area contributed by atoms with Crippen LogP contribution in [0.3, 0.4) is 0 Å². The zero-order valence-corrected chi connectivity index (χ0v) is 45.9. The summed E-state index contributed by atoms with van der Waals surface area (Å²) in [6, 6.07) is 7.95. The number of hydrogen-bond donors (Lipinski definition) is 2. The number of nitrogens with one attached hydrogen (secondary N) is 1. The van der Waals surface area contributed by atoms with Crippen LogP contribution >= 0.6 is 11.6 Å². The Kier molecular flexibility index (Phi) is 16.2. The number of fused-ring (bicyclic) bond motifs is 4. The van der Waals surface area contributed by atoms with Crippen molar-refractivity contribution in [1.82, 2.24) is 29.7 Å². The Labute approximate surface area is 442 Å². The molecule has 0 radical (unpaired) electrons. The third-order valence-corrected chi connectivity index (χ3v) is 18.8. The van der Waals surface area contributed by atoms with Crippen LogP contribution in [0.15, 0.2) is 58.8 Å². The Bertz CT molecular complexity index is 2980. The molecule has 3 N–H and O–H groups in total. The molecule has 4 unspecified atom stereocenters. The van der Waals surface area contributed by atoms with Crippen molar-refractivity contribution < 1.29 is 54.2 Å². The molecule has 4 saturated heterocycles. The lowest BCUT2D eigenvalue weighted by atomic mass is 10.00. The molecule has 0 spiro atoms. The van der Waals surface area contributed by atoms with Gasteiger partial charge in [-0.25, -0.2) is 55.1 Å². The van der Waals surface area contributed by atoms with E-state index in [2.05, 4.69) is 25.3 Å². The van der Waals surface area contributed by atoms with Crippen LogP contribution in [-0.2, 0) is 29.1 Å². The number of hydrogen-bond acceptors (Lipinski definition) is 16. The van der Waals surface area contributed by atoms with Crippen LogP contribution in [-0.4, -0.2) is 117 Å². The monoisotopic (exact) mass is 1100 g/mol. The van der Waals surface area contributed by atoms with Crippen molar-refractivity contribution in [2.45, 2.75) is 200 Å². The summed E-state index contributed by atoms with van der Waals surface area (Å²) < 4.78 is 99.4. The van der Waals surface area contributed by atoms with Crippen molar-refractivity contribution in [3.05, 3.63) is 77.0 Å². The van der Waals surface area contributed by atoms with Gasteiger partial charge in [0.2, 0.25) is 11.8 Å². The highest BCUT2D eigenvalue weighted by atomic mass is 35.5. The van der Waals surface area contributed by atoms with Gasteiger partial charge in [-0.15, -0.1) is 0 Å². The van der Waals surface area contributed by atoms with E-state index in [0.29, 0.717) is 66.8 Å². The van der Waals surface area contributed by atoms with Crippen LogP contribution in [0.25, 0.3) is 0 Å². The number of nitrogen functional groups attached to an aromatic ring is 1. The van der Waals surface area contributed by atoms with Gasteiger partial charge in [0.25, 0.3) is 0 Å². The molecule has 4 bridgehead atoms. The van der Waals surface area contributed by atoms with E-state index in [1.165, 1.54) is 36.9 Å². The zero-order chi connectivity index (χ0) is 54.4. The number of benzene rings is 2. The number of anilines is 3. The lowest BCUT2D eigenvalue weighted by molar-refractivity contribution is -0.00893. The highest BCUT2D eigenvalue weighted by molar-refractivity contribution is 7.92. The number of carbonyl (C=O) groups is 2. The second kappa shape index (κ2) is 21.8. The van der Waals surface area contributed by atoms with Gasteiger partial charge < -0.3 is 39.8 Å². The summed E-state index contributed by atoms with van der Waals surface area (Å²) in [5, 5.41) is 2.64. The third-order valence-electron chi connectivity index (χ3n) is 13.9. The molecule has 2 aromatic carbocycles. The number of halogens is 3. The van der Waals surface area contributed by atoms with E-state index in [-0.39, 0.29) is 75.0 Å². The minimum Gasteiger partial charge on any atom is -0.474 e. The average molecular weight is 1100 g/mol. The van der Waals surface area contributed by atoms with Gasteiger partial charge in [-0.2, -0.15) is 0 Å². The standard InChI is InChI=1S/C26H33FN4O5S.C17H24ClN3O3.C9H10FNO2S/c1-15-23(30-22-10-9-20(13-21(22)27)37(33,34)19-7-8-19)28-14-29-24(15)35-18-11-16-5-6-17(12-18)31(16)25(32)36-26(2,3)4;1-10-14(18)19-9-20-15(10)23-13-7-11-5-6-12(8-13)21(11)16(22)24-17(2,3)4;10-8-5-7(3-4-9(8)11)14(12,13)6-1-2-6/h9-10,13-14,16-19H,5-8,11-12H2,1-4H3,(H,28,29,30);9,11-13H,5-8H2,1-4H3;3-6H,1-2,11H2/t16-,17?,18?;11-,12?,13?;/m00./s1. The van der Waals surface area contributed by atoms with Crippen LogP contribution < -0.4 is 20.5 Å². The first kappa shape index (κ1) is 55.6. The number of rotatable bonds is 10. The normalized spacial score (nSPS) is 23.2. The van der Waals surface area contributed by atoms with Crippen molar-refractivity contribution in [3.8, 4) is 11.8 Å².